The Kier molecular flexibility index (Phi) is 5.58. The van der Waals surface area contributed by atoms with Gasteiger partial charge in [-0.1, -0.05) is 12.2 Å². The molecule has 0 spiro atoms. The van der Waals surface area contributed by atoms with Crippen molar-refractivity contribution in [3.8, 4) is 0 Å². The van der Waals surface area contributed by atoms with Crippen LogP contribution in [0.5, 0.6) is 0 Å². The quantitative estimate of drug-likeness (QED) is 0.679. The van der Waals surface area contributed by atoms with Gasteiger partial charge in [0.1, 0.15) is 6.04 Å². The fourth-order valence-corrected chi connectivity index (χ4v) is 2.17. The minimum absolute atomic E-state index is 0.136. The maximum atomic E-state index is 12.1. The summed E-state index contributed by atoms with van der Waals surface area (Å²) in [5.74, 6) is -1.05. The highest BCUT2D eigenvalue weighted by Crippen LogP contribution is 2.17. The number of carbonyl (C=O) groups is 2. The number of hydrogen-bond donors (Lipinski definition) is 1. The van der Waals surface area contributed by atoms with Gasteiger partial charge in [-0.05, 0) is 12.8 Å². The number of hydrogen-bond acceptors (Lipinski definition) is 3. The van der Waals surface area contributed by atoms with Gasteiger partial charge in [0, 0.05) is 19.6 Å². The van der Waals surface area contributed by atoms with E-state index < -0.39 is 12.0 Å². The van der Waals surface area contributed by atoms with Crippen molar-refractivity contribution in [2.45, 2.75) is 18.9 Å². The number of carboxylic acids is 1. The van der Waals surface area contributed by atoms with E-state index in [0.29, 0.717) is 26.1 Å². The van der Waals surface area contributed by atoms with Gasteiger partial charge in [0.2, 0.25) is 5.91 Å². The molecule has 0 aromatic heterocycles. The maximum Gasteiger partial charge on any atom is 0.326 e. The maximum absolute atomic E-state index is 12.1. The van der Waals surface area contributed by atoms with Gasteiger partial charge < -0.3 is 10.0 Å². The van der Waals surface area contributed by atoms with Crippen LogP contribution in [0.15, 0.2) is 25.3 Å². The number of carbonyl (C=O) groups excluding carboxylic acids is 1. The molecule has 18 heavy (non-hydrogen) atoms. The first kappa shape index (κ1) is 14.4. The van der Waals surface area contributed by atoms with Gasteiger partial charge in [-0.2, -0.15) is 0 Å². The molecule has 1 N–H and O–H groups in total. The van der Waals surface area contributed by atoms with Gasteiger partial charge >= 0.3 is 5.97 Å². The predicted molar refractivity (Wildman–Crippen MR) is 69.2 cm³/mol. The number of nitrogens with zero attached hydrogens (tertiary/aromatic N) is 2. The smallest absolute Gasteiger partial charge is 0.326 e. The molecule has 1 amide bonds. The molecule has 0 aliphatic carbocycles. The van der Waals surface area contributed by atoms with Gasteiger partial charge in [0.05, 0.1) is 6.54 Å². The Morgan fingerprint density at radius 2 is 1.94 bits per heavy atom. The second-order valence-electron chi connectivity index (χ2n) is 4.35. The zero-order valence-electron chi connectivity index (χ0n) is 10.5. The van der Waals surface area contributed by atoms with Crippen LogP contribution in [0.25, 0.3) is 0 Å². The van der Waals surface area contributed by atoms with Gasteiger partial charge in [-0.25, -0.2) is 4.79 Å². The minimum atomic E-state index is -0.917. The van der Waals surface area contributed by atoms with Crippen LogP contribution in [-0.2, 0) is 9.59 Å². The van der Waals surface area contributed by atoms with E-state index in [1.807, 2.05) is 4.90 Å². The van der Waals surface area contributed by atoms with E-state index in [0.717, 1.165) is 6.42 Å². The highest BCUT2D eigenvalue weighted by Gasteiger charge is 2.34. The summed E-state index contributed by atoms with van der Waals surface area (Å²) in [6, 6.07) is -0.660. The van der Waals surface area contributed by atoms with Crippen LogP contribution >= 0.6 is 0 Å². The Hall–Kier alpha value is -1.62. The van der Waals surface area contributed by atoms with Gasteiger partial charge in [-0.15, -0.1) is 13.2 Å². The summed E-state index contributed by atoms with van der Waals surface area (Å²) in [5.41, 5.74) is 0. The third-order valence-electron chi connectivity index (χ3n) is 2.99. The Bertz CT molecular complexity index is 331. The summed E-state index contributed by atoms with van der Waals surface area (Å²) in [6.45, 7) is 9.19. The van der Waals surface area contributed by atoms with Crippen LogP contribution in [0.2, 0.25) is 0 Å². The fraction of sp³-hybridized carbons (Fsp3) is 0.538. The molecule has 1 fully saturated rings. The lowest BCUT2D eigenvalue weighted by Gasteiger charge is -2.25. The molecule has 0 aromatic carbocycles. The van der Waals surface area contributed by atoms with Gasteiger partial charge in [-0.3, -0.25) is 9.69 Å². The zero-order chi connectivity index (χ0) is 13.5. The van der Waals surface area contributed by atoms with Crippen molar-refractivity contribution in [1.82, 2.24) is 9.80 Å². The SMILES string of the molecule is C=CCN(CC=C)CC(=O)N1CCCC1C(=O)O. The van der Waals surface area contributed by atoms with Crippen LogP contribution in [0.3, 0.4) is 0 Å². The molecular formula is C13H20N2O3. The summed E-state index contributed by atoms with van der Waals surface area (Å²) in [5, 5.41) is 9.03. The molecule has 1 atom stereocenters. The summed E-state index contributed by atoms with van der Waals surface area (Å²) >= 11 is 0. The highest BCUT2D eigenvalue weighted by molar-refractivity contribution is 5.85. The van der Waals surface area contributed by atoms with Crippen LogP contribution in [0, 0.1) is 0 Å². The highest BCUT2D eigenvalue weighted by atomic mass is 16.4. The molecule has 0 aromatic rings. The van der Waals surface area contributed by atoms with E-state index in [4.69, 9.17) is 5.11 Å². The van der Waals surface area contributed by atoms with Crippen molar-refractivity contribution in [1.29, 1.82) is 0 Å². The van der Waals surface area contributed by atoms with Crippen molar-refractivity contribution in [2.75, 3.05) is 26.2 Å². The minimum Gasteiger partial charge on any atom is -0.480 e. The molecule has 1 aliphatic rings. The van der Waals surface area contributed by atoms with E-state index in [1.165, 1.54) is 4.90 Å². The fourth-order valence-electron chi connectivity index (χ4n) is 2.17. The molecule has 1 unspecified atom stereocenters. The second-order valence-corrected chi connectivity index (χ2v) is 4.35. The first-order chi connectivity index (χ1) is 8.60. The van der Waals surface area contributed by atoms with Crippen molar-refractivity contribution in [3.05, 3.63) is 25.3 Å². The Labute approximate surface area is 107 Å². The van der Waals surface area contributed by atoms with E-state index in [-0.39, 0.29) is 12.5 Å². The average molecular weight is 252 g/mol. The number of rotatable bonds is 7. The van der Waals surface area contributed by atoms with Crippen molar-refractivity contribution in [2.24, 2.45) is 0 Å². The zero-order valence-corrected chi connectivity index (χ0v) is 10.5. The summed E-state index contributed by atoms with van der Waals surface area (Å²) < 4.78 is 0. The third-order valence-corrected chi connectivity index (χ3v) is 2.99. The van der Waals surface area contributed by atoms with Gasteiger partial charge in [0.15, 0.2) is 0 Å². The molecule has 100 valence electrons. The topological polar surface area (TPSA) is 60.9 Å². The molecular weight excluding hydrogens is 232 g/mol. The number of carboxylic acid groups (broad SMARTS) is 1. The van der Waals surface area contributed by atoms with E-state index in [1.54, 1.807) is 12.2 Å². The molecule has 0 bridgehead atoms. The Balaban J connectivity index is 2.59. The standard InChI is InChI=1S/C13H20N2O3/c1-3-7-14(8-4-2)10-12(16)15-9-5-6-11(15)13(17)18/h3-4,11H,1-2,5-10H2,(H,17,18). The molecule has 1 rings (SSSR count). The average Bonchev–Trinajstić information content (AvgIpc) is 2.78. The normalized spacial score (nSPS) is 18.9. The molecule has 1 saturated heterocycles. The van der Waals surface area contributed by atoms with Crippen molar-refractivity contribution >= 4 is 11.9 Å². The van der Waals surface area contributed by atoms with E-state index >= 15 is 0 Å². The van der Waals surface area contributed by atoms with Gasteiger partial charge in [0.25, 0.3) is 0 Å². The lowest BCUT2D eigenvalue weighted by atomic mass is 10.2. The van der Waals surface area contributed by atoms with Crippen LogP contribution < -0.4 is 0 Å². The Morgan fingerprint density at radius 1 is 1.33 bits per heavy atom. The molecule has 0 radical (unpaired) electrons. The molecule has 5 nitrogen and oxygen atoms in total. The van der Waals surface area contributed by atoms with Crippen LogP contribution in [-0.4, -0.2) is 59.0 Å². The summed E-state index contributed by atoms with van der Waals surface area (Å²) in [4.78, 5) is 26.4. The molecule has 1 aliphatic heterocycles. The lowest BCUT2D eigenvalue weighted by molar-refractivity contribution is -0.148. The first-order valence-electron chi connectivity index (χ1n) is 6.06. The summed E-state index contributed by atoms with van der Waals surface area (Å²) in [6.07, 6.45) is 4.74. The number of likely N-dealkylation sites (tertiary alicyclic amines) is 1. The monoisotopic (exact) mass is 252 g/mol. The Morgan fingerprint density at radius 3 is 2.44 bits per heavy atom. The van der Waals surface area contributed by atoms with Crippen molar-refractivity contribution in [3.63, 3.8) is 0 Å². The molecule has 5 heteroatoms. The second kappa shape index (κ2) is 6.96. The molecule has 0 saturated carbocycles. The first-order valence-corrected chi connectivity index (χ1v) is 6.06. The van der Waals surface area contributed by atoms with Crippen LogP contribution in [0.4, 0.5) is 0 Å². The summed E-state index contributed by atoms with van der Waals surface area (Å²) in [7, 11) is 0. The van der Waals surface area contributed by atoms with Crippen LogP contribution in [0.1, 0.15) is 12.8 Å². The number of aliphatic carboxylic acids is 1. The lowest BCUT2D eigenvalue weighted by Crippen LogP contribution is -2.45. The largest absolute Gasteiger partial charge is 0.480 e. The van der Waals surface area contributed by atoms with E-state index in [2.05, 4.69) is 13.2 Å². The molecule has 1 heterocycles. The third kappa shape index (κ3) is 3.70. The van der Waals surface area contributed by atoms with E-state index in [9.17, 15) is 9.59 Å². The van der Waals surface area contributed by atoms with Crippen molar-refractivity contribution < 1.29 is 14.7 Å². The number of amides is 1. The predicted octanol–water partition coefficient (Wildman–Crippen LogP) is 0.736.